The average Bonchev–Trinajstić information content (AvgIpc) is 2.34. The molecule has 6 heteroatoms. The van der Waals surface area contributed by atoms with Gasteiger partial charge in [0.25, 0.3) is 5.91 Å². The summed E-state index contributed by atoms with van der Waals surface area (Å²) in [6.45, 7) is 0. The van der Waals surface area contributed by atoms with Gasteiger partial charge in [-0.25, -0.2) is 0 Å². The van der Waals surface area contributed by atoms with Gasteiger partial charge in [0.2, 0.25) is 0 Å². The fourth-order valence-electron chi connectivity index (χ4n) is 0.481. The van der Waals surface area contributed by atoms with Crippen LogP contribution < -0.4 is 5.32 Å². The van der Waals surface area contributed by atoms with Gasteiger partial charge in [0, 0.05) is 7.05 Å². The Bertz CT molecular complexity index is 245. The summed E-state index contributed by atoms with van der Waals surface area (Å²) in [4.78, 5) is 10.8. The molecule has 1 aromatic rings. The lowest BCUT2D eigenvalue weighted by atomic mass is 10.4. The first kappa shape index (κ1) is 7.01. The summed E-state index contributed by atoms with van der Waals surface area (Å²) in [7, 11) is 1.49. The minimum Gasteiger partial charge on any atom is -0.354 e. The largest absolute Gasteiger partial charge is 0.354 e. The maximum atomic E-state index is 10.8. The first-order valence-electron chi connectivity index (χ1n) is 2.54. The third-order valence-electron chi connectivity index (χ3n) is 0.948. The number of H-pyrrole nitrogens is 1. The number of carbonyl (C=O) groups excluding carboxylic acids is 1. The summed E-state index contributed by atoms with van der Waals surface area (Å²) in [6, 6.07) is 0. The minimum atomic E-state index is -0.348. The molecular weight excluding hydrogens is 156 g/mol. The molecule has 0 atom stereocenters. The summed E-state index contributed by atoms with van der Waals surface area (Å²) in [6.07, 6.45) is 0. The Morgan fingerprint density at radius 3 is 2.80 bits per heavy atom. The Balaban J connectivity index is 2.93. The first-order valence-corrected chi connectivity index (χ1v) is 2.92. The fraction of sp³-hybridized carbons (Fsp3) is 0.250. The molecule has 54 valence electrons. The molecule has 0 aliphatic heterocycles. The number of carbonyl (C=O) groups is 1. The number of halogens is 1. The molecular formula is C4H5ClN4O. The number of amides is 1. The Morgan fingerprint density at radius 1 is 1.70 bits per heavy atom. The van der Waals surface area contributed by atoms with Gasteiger partial charge in [0.1, 0.15) is 0 Å². The van der Waals surface area contributed by atoms with Crippen molar-refractivity contribution in [3.63, 3.8) is 0 Å². The van der Waals surface area contributed by atoms with Crippen LogP contribution in [0, 0.1) is 0 Å². The summed E-state index contributed by atoms with van der Waals surface area (Å²) < 4.78 is 0. The van der Waals surface area contributed by atoms with Crippen LogP contribution in [-0.4, -0.2) is 28.4 Å². The van der Waals surface area contributed by atoms with Crippen LogP contribution in [-0.2, 0) is 0 Å². The van der Waals surface area contributed by atoms with E-state index in [9.17, 15) is 4.79 Å². The lowest BCUT2D eigenvalue weighted by Gasteiger charge is -1.90. The van der Waals surface area contributed by atoms with E-state index < -0.39 is 0 Å². The molecule has 0 fully saturated rings. The molecule has 0 aliphatic carbocycles. The van der Waals surface area contributed by atoms with Crippen molar-refractivity contribution in [3.05, 3.63) is 10.8 Å². The van der Waals surface area contributed by atoms with Gasteiger partial charge in [-0.3, -0.25) is 4.79 Å². The second kappa shape index (κ2) is 2.66. The van der Waals surface area contributed by atoms with Crippen LogP contribution >= 0.6 is 11.6 Å². The van der Waals surface area contributed by atoms with Gasteiger partial charge in [0.05, 0.1) is 0 Å². The monoisotopic (exact) mass is 160 g/mol. The number of aromatic nitrogens is 3. The zero-order valence-corrected chi connectivity index (χ0v) is 5.94. The lowest BCUT2D eigenvalue weighted by molar-refractivity contribution is 0.0958. The first-order chi connectivity index (χ1) is 4.75. The number of hydrogen-bond acceptors (Lipinski definition) is 3. The molecule has 0 saturated carbocycles. The lowest BCUT2D eigenvalue weighted by Crippen LogP contribution is -2.18. The summed E-state index contributed by atoms with van der Waals surface area (Å²) in [5.41, 5.74) is 0.115. The van der Waals surface area contributed by atoms with Crippen molar-refractivity contribution < 1.29 is 4.79 Å². The number of nitrogens with one attached hydrogen (secondary N) is 2. The van der Waals surface area contributed by atoms with Crippen LogP contribution in [0.2, 0.25) is 5.15 Å². The summed E-state index contributed by atoms with van der Waals surface area (Å²) >= 11 is 5.45. The highest BCUT2D eigenvalue weighted by atomic mass is 35.5. The summed E-state index contributed by atoms with van der Waals surface area (Å²) in [5, 5.41) is 11.6. The maximum Gasteiger partial charge on any atom is 0.274 e. The van der Waals surface area contributed by atoms with Gasteiger partial charge in [-0.15, -0.1) is 10.2 Å². The molecule has 0 spiro atoms. The van der Waals surface area contributed by atoms with Gasteiger partial charge in [0.15, 0.2) is 10.8 Å². The SMILES string of the molecule is CNC(=O)c1n[nH]nc1Cl. The van der Waals surface area contributed by atoms with Crippen molar-refractivity contribution in [1.82, 2.24) is 20.7 Å². The predicted molar refractivity (Wildman–Crippen MR) is 34.8 cm³/mol. The number of nitrogens with zero attached hydrogens (tertiary/aromatic N) is 2. The molecule has 0 aromatic carbocycles. The molecule has 1 aromatic heterocycles. The molecule has 1 rings (SSSR count). The van der Waals surface area contributed by atoms with E-state index in [2.05, 4.69) is 20.7 Å². The van der Waals surface area contributed by atoms with E-state index in [1.165, 1.54) is 7.05 Å². The quantitative estimate of drug-likeness (QED) is 0.599. The van der Waals surface area contributed by atoms with Crippen LogP contribution in [0.5, 0.6) is 0 Å². The third-order valence-corrected chi connectivity index (χ3v) is 1.21. The third kappa shape index (κ3) is 1.08. The number of hydrogen-bond donors (Lipinski definition) is 2. The molecule has 0 saturated heterocycles. The van der Waals surface area contributed by atoms with Crippen molar-refractivity contribution in [2.45, 2.75) is 0 Å². The van der Waals surface area contributed by atoms with E-state index in [4.69, 9.17) is 11.6 Å². The molecule has 5 nitrogen and oxygen atoms in total. The number of rotatable bonds is 1. The Morgan fingerprint density at radius 2 is 2.40 bits per heavy atom. The van der Waals surface area contributed by atoms with Gasteiger partial charge >= 0.3 is 0 Å². The zero-order valence-electron chi connectivity index (χ0n) is 5.18. The van der Waals surface area contributed by atoms with Gasteiger partial charge in [-0.1, -0.05) is 11.6 Å². The maximum absolute atomic E-state index is 10.8. The molecule has 0 radical (unpaired) electrons. The van der Waals surface area contributed by atoms with Crippen molar-refractivity contribution in [1.29, 1.82) is 0 Å². The molecule has 0 unspecified atom stereocenters. The topological polar surface area (TPSA) is 70.7 Å². The van der Waals surface area contributed by atoms with Crippen LogP contribution in [0.1, 0.15) is 10.5 Å². The van der Waals surface area contributed by atoms with Crippen LogP contribution in [0.15, 0.2) is 0 Å². The molecule has 0 aliphatic rings. The van der Waals surface area contributed by atoms with Gasteiger partial charge in [-0.2, -0.15) is 5.21 Å². The van der Waals surface area contributed by atoms with E-state index in [0.29, 0.717) is 0 Å². The van der Waals surface area contributed by atoms with Gasteiger partial charge < -0.3 is 5.32 Å². The Labute approximate surface area is 61.8 Å². The Hall–Kier alpha value is -1.10. The van der Waals surface area contributed by atoms with Crippen molar-refractivity contribution in [2.24, 2.45) is 0 Å². The minimum absolute atomic E-state index is 0.0827. The average molecular weight is 161 g/mol. The second-order valence-corrected chi connectivity index (χ2v) is 1.90. The fourth-order valence-corrected chi connectivity index (χ4v) is 0.647. The normalized spacial score (nSPS) is 9.40. The standard InChI is InChI=1S/C4H5ClN4O/c1-6-4(10)2-3(5)8-9-7-2/h1H3,(H,6,10)(H,7,8,9). The highest BCUT2D eigenvalue weighted by Crippen LogP contribution is 2.06. The van der Waals surface area contributed by atoms with Crippen molar-refractivity contribution in [3.8, 4) is 0 Å². The van der Waals surface area contributed by atoms with E-state index in [-0.39, 0.29) is 16.8 Å². The van der Waals surface area contributed by atoms with Crippen LogP contribution in [0.25, 0.3) is 0 Å². The molecule has 1 amide bonds. The highest BCUT2D eigenvalue weighted by Gasteiger charge is 2.11. The second-order valence-electron chi connectivity index (χ2n) is 1.54. The van der Waals surface area contributed by atoms with Crippen LogP contribution in [0.4, 0.5) is 0 Å². The predicted octanol–water partition coefficient (Wildman–Crippen LogP) is -0.182. The van der Waals surface area contributed by atoms with Gasteiger partial charge in [-0.05, 0) is 0 Å². The van der Waals surface area contributed by atoms with Crippen molar-refractivity contribution in [2.75, 3.05) is 7.05 Å². The highest BCUT2D eigenvalue weighted by molar-refractivity contribution is 6.32. The molecule has 2 N–H and O–H groups in total. The van der Waals surface area contributed by atoms with E-state index >= 15 is 0 Å². The smallest absolute Gasteiger partial charge is 0.274 e. The Kier molecular flexibility index (Phi) is 1.86. The molecule has 10 heavy (non-hydrogen) atoms. The van der Waals surface area contributed by atoms with Crippen molar-refractivity contribution >= 4 is 17.5 Å². The van der Waals surface area contributed by atoms with E-state index in [0.717, 1.165) is 0 Å². The number of aromatic amines is 1. The molecule has 1 heterocycles. The van der Waals surface area contributed by atoms with E-state index in [1.807, 2.05) is 0 Å². The molecule has 0 bridgehead atoms. The van der Waals surface area contributed by atoms with Crippen LogP contribution in [0.3, 0.4) is 0 Å². The zero-order chi connectivity index (χ0) is 7.56. The van der Waals surface area contributed by atoms with E-state index in [1.54, 1.807) is 0 Å². The summed E-state index contributed by atoms with van der Waals surface area (Å²) in [5.74, 6) is -0.348.